The van der Waals surface area contributed by atoms with Gasteiger partial charge in [0.1, 0.15) is 5.54 Å². The van der Waals surface area contributed by atoms with Gasteiger partial charge in [0.05, 0.1) is 6.04 Å². The topological polar surface area (TPSA) is 134 Å². The minimum atomic E-state index is -1.20. The number of hydrogen-bond donors (Lipinski definition) is 2. The van der Waals surface area contributed by atoms with Crippen molar-refractivity contribution in [3.63, 3.8) is 0 Å². The van der Waals surface area contributed by atoms with Crippen LogP contribution in [0.1, 0.15) is 63.1 Å². The molecule has 0 saturated heterocycles. The highest BCUT2D eigenvalue weighted by molar-refractivity contribution is 7.99. The van der Waals surface area contributed by atoms with E-state index in [9.17, 15) is 19.2 Å². The van der Waals surface area contributed by atoms with Gasteiger partial charge in [-0.15, -0.1) is 10.2 Å². The first-order valence-electron chi connectivity index (χ1n) is 10.9. The fraction of sp³-hybridized carbons (Fsp3) is 0.714. The summed E-state index contributed by atoms with van der Waals surface area (Å²) in [5, 5.41) is 13.5. The van der Waals surface area contributed by atoms with Crippen LogP contribution in [0.5, 0.6) is 0 Å². The fourth-order valence-corrected chi connectivity index (χ4v) is 4.53. The molecule has 1 unspecified atom stereocenters. The van der Waals surface area contributed by atoms with Crippen LogP contribution in [-0.4, -0.2) is 77.0 Å². The monoisotopic (exact) mass is 467 g/mol. The van der Waals surface area contributed by atoms with Gasteiger partial charge in [0.15, 0.2) is 0 Å². The number of nitrogens with one attached hydrogen (secondary N) is 2. The Hall–Kier alpha value is -2.27. The van der Waals surface area contributed by atoms with Gasteiger partial charge in [0, 0.05) is 12.3 Å². The fourth-order valence-electron chi connectivity index (χ4n) is 3.66. The van der Waals surface area contributed by atoms with Crippen LogP contribution in [0.2, 0.25) is 0 Å². The SMILES string of the molecule is CC(C)CC(NC(=O)C1(NC(=O)C=O)CCCCC1)C(=O)c1nnc(SCCN(C)C)o1. The first kappa shape index (κ1) is 26.0. The van der Waals surface area contributed by atoms with Crippen molar-refractivity contribution >= 4 is 35.6 Å². The number of thioether (sulfide) groups is 1. The number of hydrogen-bond acceptors (Lipinski definition) is 9. The van der Waals surface area contributed by atoms with Gasteiger partial charge in [-0.2, -0.15) is 0 Å². The van der Waals surface area contributed by atoms with Gasteiger partial charge < -0.3 is 20.0 Å². The number of rotatable bonds is 12. The van der Waals surface area contributed by atoms with E-state index in [1.165, 1.54) is 11.8 Å². The minimum Gasteiger partial charge on any atom is -0.408 e. The summed E-state index contributed by atoms with van der Waals surface area (Å²) in [6.07, 6.45) is 3.78. The number of amides is 2. The van der Waals surface area contributed by atoms with Gasteiger partial charge in [-0.1, -0.05) is 44.9 Å². The molecule has 1 saturated carbocycles. The number of aldehydes is 1. The summed E-state index contributed by atoms with van der Waals surface area (Å²) in [5.41, 5.74) is -1.20. The molecule has 1 atom stereocenters. The van der Waals surface area contributed by atoms with Gasteiger partial charge in [0.2, 0.25) is 18.0 Å². The van der Waals surface area contributed by atoms with Crippen LogP contribution in [-0.2, 0) is 14.4 Å². The molecule has 1 aliphatic carbocycles. The van der Waals surface area contributed by atoms with Crippen molar-refractivity contribution in [2.24, 2.45) is 5.92 Å². The molecule has 1 aliphatic rings. The molecule has 2 N–H and O–H groups in total. The minimum absolute atomic E-state index is 0.105. The predicted octanol–water partition coefficient (Wildman–Crippen LogP) is 1.45. The number of aromatic nitrogens is 2. The molecule has 0 bridgehead atoms. The zero-order chi connectivity index (χ0) is 23.7. The maximum atomic E-state index is 13.2. The Balaban J connectivity index is 2.15. The highest BCUT2D eigenvalue weighted by Crippen LogP contribution is 2.29. The van der Waals surface area contributed by atoms with E-state index in [1.807, 2.05) is 32.8 Å². The average molecular weight is 468 g/mol. The zero-order valence-corrected chi connectivity index (χ0v) is 20.0. The van der Waals surface area contributed by atoms with E-state index in [1.54, 1.807) is 0 Å². The molecule has 0 aromatic carbocycles. The standard InChI is InChI=1S/C21H33N5O5S/c1-14(2)12-15(17(29)18-24-25-20(31-18)32-11-10-26(3)4)22-19(30)21(23-16(28)13-27)8-6-5-7-9-21/h13-15H,5-12H2,1-4H3,(H,22,30)(H,23,28). The Labute approximate surface area is 192 Å². The van der Waals surface area contributed by atoms with Crippen LogP contribution < -0.4 is 10.6 Å². The van der Waals surface area contributed by atoms with E-state index in [-0.39, 0.29) is 18.1 Å². The Morgan fingerprint density at radius 1 is 1.19 bits per heavy atom. The van der Waals surface area contributed by atoms with Crippen molar-refractivity contribution in [1.82, 2.24) is 25.7 Å². The summed E-state index contributed by atoms with van der Waals surface area (Å²) in [6, 6.07) is -0.880. The van der Waals surface area contributed by atoms with Crippen molar-refractivity contribution in [3.8, 4) is 0 Å². The van der Waals surface area contributed by atoms with E-state index >= 15 is 0 Å². The normalized spacial score (nSPS) is 16.6. The summed E-state index contributed by atoms with van der Waals surface area (Å²) in [7, 11) is 3.91. The molecule has 32 heavy (non-hydrogen) atoms. The summed E-state index contributed by atoms with van der Waals surface area (Å²) < 4.78 is 5.53. The number of Topliss-reactive ketones (excluding diaryl/α,β-unsaturated/α-hetero) is 1. The largest absolute Gasteiger partial charge is 0.408 e. The van der Waals surface area contributed by atoms with E-state index in [2.05, 4.69) is 20.8 Å². The second-order valence-corrected chi connectivity index (χ2v) is 9.84. The average Bonchev–Trinajstić information content (AvgIpc) is 3.21. The summed E-state index contributed by atoms with van der Waals surface area (Å²) in [4.78, 5) is 51.0. The highest BCUT2D eigenvalue weighted by Gasteiger charge is 2.42. The smallest absolute Gasteiger partial charge is 0.286 e. The van der Waals surface area contributed by atoms with Gasteiger partial charge in [-0.05, 0) is 39.3 Å². The molecular formula is C21H33N5O5S. The third-order valence-electron chi connectivity index (χ3n) is 5.32. The summed E-state index contributed by atoms with van der Waals surface area (Å²) in [5.74, 6) is -1.09. The van der Waals surface area contributed by atoms with Crippen LogP contribution in [0.4, 0.5) is 0 Å². The van der Waals surface area contributed by atoms with Crippen molar-refractivity contribution < 1.29 is 23.6 Å². The third kappa shape index (κ3) is 7.40. The Kier molecular flexibility index (Phi) is 9.83. The number of carbonyl (C=O) groups excluding carboxylic acids is 4. The van der Waals surface area contributed by atoms with Crippen LogP contribution >= 0.6 is 11.8 Å². The van der Waals surface area contributed by atoms with Gasteiger partial charge in [-0.3, -0.25) is 19.2 Å². The second-order valence-electron chi connectivity index (χ2n) is 8.79. The lowest BCUT2D eigenvalue weighted by Gasteiger charge is -2.37. The Bertz CT molecular complexity index is 804. The molecule has 0 spiro atoms. The van der Waals surface area contributed by atoms with Gasteiger partial charge >= 0.3 is 0 Å². The molecule has 1 aromatic heterocycles. The number of nitrogens with zero attached hydrogens (tertiary/aromatic N) is 3. The van der Waals surface area contributed by atoms with Crippen LogP contribution in [0.15, 0.2) is 9.64 Å². The molecule has 1 aromatic rings. The molecule has 1 fully saturated rings. The van der Waals surface area contributed by atoms with Crippen molar-refractivity contribution in [1.29, 1.82) is 0 Å². The van der Waals surface area contributed by atoms with Crippen molar-refractivity contribution in [3.05, 3.63) is 5.89 Å². The van der Waals surface area contributed by atoms with Gasteiger partial charge in [0.25, 0.3) is 17.0 Å². The molecule has 0 aliphatic heterocycles. The Morgan fingerprint density at radius 3 is 2.47 bits per heavy atom. The number of ketones is 1. The third-order valence-corrected chi connectivity index (χ3v) is 6.12. The summed E-state index contributed by atoms with van der Waals surface area (Å²) in [6.45, 7) is 4.69. The second kappa shape index (κ2) is 12.1. The van der Waals surface area contributed by atoms with E-state index in [4.69, 9.17) is 4.42 Å². The number of carbonyl (C=O) groups is 4. The Morgan fingerprint density at radius 2 is 1.88 bits per heavy atom. The van der Waals surface area contributed by atoms with Gasteiger partial charge in [-0.25, -0.2) is 0 Å². The lowest BCUT2D eigenvalue weighted by Crippen LogP contribution is -2.62. The molecule has 178 valence electrons. The lowest BCUT2D eigenvalue weighted by molar-refractivity contribution is -0.138. The van der Waals surface area contributed by atoms with Crippen LogP contribution in [0.3, 0.4) is 0 Å². The van der Waals surface area contributed by atoms with E-state index < -0.39 is 29.2 Å². The molecule has 2 rings (SSSR count). The lowest BCUT2D eigenvalue weighted by atomic mass is 9.80. The molecule has 2 amide bonds. The predicted molar refractivity (Wildman–Crippen MR) is 119 cm³/mol. The molecule has 1 heterocycles. The zero-order valence-electron chi connectivity index (χ0n) is 19.2. The van der Waals surface area contributed by atoms with Crippen LogP contribution in [0, 0.1) is 5.92 Å². The molecule has 11 heteroatoms. The van der Waals surface area contributed by atoms with Crippen LogP contribution in [0.25, 0.3) is 0 Å². The first-order chi connectivity index (χ1) is 15.2. The van der Waals surface area contributed by atoms with Crippen molar-refractivity contribution in [2.45, 2.75) is 69.2 Å². The molecule has 10 nitrogen and oxygen atoms in total. The maximum Gasteiger partial charge on any atom is 0.286 e. The molecular weight excluding hydrogens is 434 g/mol. The highest BCUT2D eigenvalue weighted by atomic mass is 32.2. The summed E-state index contributed by atoms with van der Waals surface area (Å²) >= 11 is 1.36. The first-order valence-corrected chi connectivity index (χ1v) is 11.9. The quantitative estimate of drug-likeness (QED) is 0.203. The van der Waals surface area contributed by atoms with E-state index in [0.29, 0.717) is 24.5 Å². The van der Waals surface area contributed by atoms with E-state index in [0.717, 1.165) is 31.6 Å². The maximum absolute atomic E-state index is 13.2. The molecule has 0 radical (unpaired) electrons. The van der Waals surface area contributed by atoms with Crippen molar-refractivity contribution in [2.75, 3.05) is 26.4 Å².